The maximum Gasteiger partial charge on any atom is 0.287 e. The van der Waals surface area contributed by atoms with Crippen LogP contribution in [0.15, 0.2) is 144 Å². The van der Waals surface area contributed by atoms with E-state index in [0.717, 1.165) is 51.8 Å². The van der Waals surface area contributed by atoms with E-state index in [1.54, 1.807) is 0 Å². The summed E-state index contributed by atoms with van der Waals surface area (Å²) in [7, 11) is 0. The van der Waals surface area contributed by atoms with Crippen molar-refractivity contribution in [1.29, 1.82) is 0 Å². The van der Waals surface area contributed by atoms with Crippen LogP contribution < -0.4 is 10.3 Å². The standard InChI is InChI=1S/C41H34Cl2N6O2/c1-2-3-27-51-39-36(42)37(43)40(50)48(45-39)28-29-23-25-30(26-24-29)34-21-13-14-22-35(34)38-44-46-47-49(38)41(31-15-7-4-8-16-31,32-17-9-5-10-18-32)33-19-11-6-12-20-33/h4-26H,2-3,27-28H2,1H3. The minimum Gasteiger partial charge on any atom is -0.476 e. The molecule has 0 saturated carbocycles. The fraction of sp³-hybridized carbons (Fsp3) is 0.146. The Morgan fingerprint density at radius 2 is 1.24 bits per heavy atom. The lowest BCUT2D eigenvalue weighted by atomic mass is 9.77. The van der Waals surface area contributed by atoms with Crippen molar-refractivity contribution in [3.05, 3.63) is 182 Å². The molecule has 0 aliphatic rings. The first kappa shape index (κ1) is 33.9. The van der Waals surface area contributed by atoms with Crippen molar-refractivity contribution in [2.75, 3.05) is 6.61 Å². The van der Waals surface area contributed by atoms with E-state index in [1.807, 2.05) is 102 Å². The Morgan fingerprint density at radius 1 is 0.686 bits per heavy atom. The molecule has 0 atom stereocenters. The van der Waals surface area contributed by atoms with Crippen molar-refractivity contribution in [3.8, 4) is 28.4 Å². The summed E-state index contributed by atoms with van der Waals surface area (Å²) in [4.78, 5) is 13.0. The van der Waals surface area contributed by atoms with E-state index < -0.39 is 11.1 Å². The number of hydrogen-bond donors (Lipinski definition) is 0. The average molecular weight is 714 g/mol. The molecule has 0 N–H and O–H groups in total. The second kappa shape index (κ2) is 15.1. The van der Waals surface area contributed by atoms with Gasteiger partial charge < -0.3 is 4.74 Å². The molecule has 2 heterocycles. The highest BCUT2D eigenvalue weighted by molar-refractivity contribution is 6.42. The number of halogens is 2. The third-order valence-electron chi connectivity index (χ3n) is 8.88. The third kappa shape index (κ3) is 6.56. The van der Waals surface area contributed by atoms with Crippen molar-refractivity contribution in [2.24, 2.45) is 0 Å². The fourth-order valence-corrected chi connectivity index (χ4v) is 6.74. The van der Waals surface area contributed by atoms with Gasteiger partial charge in [0.25, 0.3) is 11.4 Å². The topological polar surface area (TPSA) is 87.7 Å². The fourth-order valence-electron chi connectivity index (χ4n) is 6.39. The number of hydrogen-bond acceptors (Lipinski definition) is 6. The molecule has 2 aromatic heterocycles. The lowest BCUT2D eigenvalue weighted by Gasteiger charge is -2.36. The SMILES string of the molecule is CCCCOc1nn(Cc2ccc(-c3ccccc3-c3nnnn3C(c3ccccc3)(c3ccccc3)c3ccccc3)cc2)c(=O)c(Cl)c1Cl. The highest BCUT2D eigenvalue weighted by Crippen LogP contribution is 2.43. The normalized spacial score (nSPS) is 11.4. The number of aromatic nitrogens is 6. The highest BCUT2D eigenvalue weighted by Gasteiger charge is 2.42. The molecule has 0 saturated heterocycles. The molecule has 0 aliphatic carbocycles. The predicted molar refractivity (Wildman–Crippen MR) is 201 cm³/mol. The molecular weight excluding hydrogens is 679 g/mol. The number of nitrogens with zero attached hydrogens (tertiary/aromatic N) is 6. The third-order valence-corrected chi connectivity index (χ3v) is 9.68. The zero-order valence-corrected chi connectivity index (χ0v) is 29.4. The zero-order chi connectivity index (χ0) is 35.2. The molecule has 5 aromatic carbocycles. The van der Waals surface area contributed by atoms with Gasteiger partial charge in [-0.05, 0) is 50.2 Å². The summed E-state index contributed by atoms with van der Waals surface area (Å²) in [5.41, 5.74) is 5.28. The van der Waals surface area contributed by atoms with Crippen LogP contribution in [0, 0.1) is 0 Å². The second-order valence-corrected chi connectivity index (χ2v) is 12.8. The Balaban J connectivity index is 1.31. The van der Waals surface area contributed by atoms with Crippen molar-refractivity contribution >= 4 is 23.2 Å². The van der Waals surface area contributed by atoms with Crippen LogP contribution in [0.2, 0.25) is 10.0 Å². The molecule has 7 aromatic rings. The summed E-state index contributed by atoms with van der Waals surface area (Å²) in [6.45, 7) is 2.68. The Kier molecular flexibility index (Phi) is 10.1. The molecule has 254 valence electrons. The smallest absolute Gasteiger partial charge is 0.287 e. The monoisotopic (exact) mass is 712 g/mol. The molecule has 51 heavy (non-hydrogen) atoms. The molecule has 7 rings (SSSR count). The maximum absolute atomic E-state index is 13.0. The van der Waals surface area contributed by atoms with E-state index in [2.05, 4.69) is 64.8 Å². The van der Waals surface area contributed by atoms with Crippen LogP contribution in [-0.2, 0) is 12.1 Å². The molecule has 0 aliphatic heterocycles. The summed E-state index contributed by atoms with van der Waals surface area (Å²) >= 11 is 12.6. The minimum atomic E-state index is -0.890. The van der Waals surface area contributed by atoms with E-state index in [4.69, 9.17) is 33.2 Å². The van der Waals surface area contributed by atoms with Gasteiger partial charge >= 0.3 is 0 Å². The predicted octanol–water partition coefficient (Wildman–Crippen LogP) is 8.94. The largest absolute Gasteiger partial charge is 0.476 e. The van der Waals surface area contributed by atoms with Crippen molar-refractivity contribution in [2.45, 2.75) is 31.8 Å². The molecule has 0 spiro atoms. The lowest BCUT2D eigenvalue weighted by molar-refractivity contribution is 0.288. The van der Waals surface area contributed by atoms with Crippen LogP contribution in [-0.4, -0.2) is 36.6 Å². The van der Waals surface area contributed by atoms with E-state index in [0.29, 0.717) is 12.4 Å². The lowest BCUT2D eigenvalue weighted by Crippen LogP contribution is -2.39. The minimum absolute atomic E-state index is 0.0270. The first-order valence-corrected chi connectivity index (χ1v) is 17.5. The van der Waals surface area contributed by atoms with Crippen LogP contribution >= 0.6 is 23.2 Å². The van der Waals surface area contributed by atoms with Gasteiger partial charge in [-0.25, -0.2) is 9.36 Å². The Labute approximate surface area is 305 Å². The van der Waals surface area contributed by atoms with Crippen LogP contribution in [0.25, 0.3) is 22.5 Å². The highest BCUT2D eigenvalue weighted by atomic mass is 35.5. The number of benzene rings is 5. The zero-order valence-electron chi connectivity index (χ0n) is 27.9. The van der Waals surface area contributed by atoms with Crippen molar-refractivity contribution < 1.29 is 4.74 Å². The summed E-state index contributed by atoms with van der Waals surface area (Å²) in [6.07, 6.45) is 1.78. The molecule has 0 amide bonds. The van der Waals surface area contributed by atoms with Gasteiger partial charge in [0.15, 0.2) is 5.82 Å². The van der Waals surface area contributed by atoms with Crippen LogP contribution in [0.3, 0.4) is 0 Å². The van der Waals surface area contributed by atoms with Gasteiger partial charge in [-0.15, -0.1) is 10.2 Å². The number of tetrazole rings is 1. The quantitative estimate of drug-likeness (QED) is 0.0929. The van der Waals surface area contributed by atoms with Crippen LogP contribution in [0.5, 0.6) is 5.88 Å². The Morgan fingerprint density at radius 3 is 1.80 bits per heavy atom. The number of unbranched alkanes of at least 4 members (excludes halogenated alkanes) is 1. The summed E-state index contributed by atoms with van der Waals surface area (Å²) in [5.74, 6) is 0.754. The Bertz CT molecular complexity index is 2200. The molecule has 0 bridgehead atoms. The van der Waals surface area contributed by atoms with Gasteiger partial charge in [0.2, 0.25) is 0 Å². The van der Waals surface area contributed by atoms with Gasteiger partial charge in [0.05, 0.1) is 13.2 Å². The second-order valence-electron chi connectivity index (χ2n) is 12.1. The van der Waals surface area contributed by atoms with Crippen LogP contribution in [0.4, 0.5) is 0 Å². The maximum atomic E-state index is 13.0. The first-order valence-electron chi connectivity index (χ1n) is 16.8. The van der Waals surface area contributed by atoms with Crippen molar-refractivity contribution in [3.63, 3.8) is 0 Å². The van der Waals surface area contributed by atoms with Gasteiger partial charge in [0, 0.05) is 5.56 Å². The van der Waals surface area contributed by atoms with E-state index in [-0.39, 0.29) is 22.5 Å². The van der Waals surface area contributed by atoms with E-state index >= 15 is 0 Å². The van der Waals surface area contributed by atoms with E-state index in [9.17, 15) is 4.79 Å². The van der Waals surface area contributed by atoms with Gasteiger partial charge in [-0.3, -0.25) is 4.79 Å². The molecule has 0 unspecified atom stereocenters. The number of ether oxygens (including phenoxy) is 1. The van der Waals surface area contributed by atoms with Crippen molar-refractivity contribution in [1.82, 2.24) is 30.0 Å². The molecule has 0 radical (unpaired) electrons. The van der Waals surface area contributed by atoms with Gasteiger partial charge in [-0.2, -0.15) is 0 Å². The number of rotatable bonds is 12. The summed E-state index contributed by atoms with van der Waals surface area (Å²) in [6, 6.07) is 47.0. The van der Waals surface area contributed by atoms with Crippen LogP contribution in [0.1, 0.15) is 42.0 Å². The Hall–Kier alpha value is -5.57. The molecule has 8 nitrogen and oxygen atoms in total. The molecule has 0 fully saturated rings. The van der Waals surface area contributed by atoms with Gasteiger partial charge in [0.1, 0.15) is 15.6 Å². The summed E-state index contributed by atoms with van der Waals surface area (Å²) in [5, 5.41) is 18.0. The van der Waals surface area contributed by atoms with E-state index in [1.165, 1.54) is 4.68 Å². The molecular formula is C41H34Cl2N6O2. The average Bonchev–Trinajstić information content (AvgIpc) is 3.68. The first-order chi connectivity index (χ1) is 25.0. The summed E-state index contributed by atoms with van der Waals surface area (Å²) < 4.78 is 8.94. The van der Waals surface area contributed by atoms with Gasteiger partial charge in [-0.1, -0.05) is 176 Å². The molecule has 10 heteroatoms.